The minimum absolute atomic E-state index is 0.204. The van der Waals surface area contributed by atoms with E-state index >= 15 is 0 Å². The lowest BCUT2D eigenvalue weighted by Crippen LogP contribution is -2.25. The van der Waals surface area contributed by atoms with Crippen molar-refractivity contribution in [2.24, 2.45) is 5.92 Å². The molecule has 4 rings (SSSR count). The molecule has 6 nitrogen and oxygen atoms in total. The largest absolute Gasteiger partial charge is 0.493 e. The normalized spacial score (nSPS) is 19.7. The molecule has 1 aromatic carbocycles. The second-order valence-corrected chi connectivity index (χ2v) is 8.50. The number of hydrogen-bond donors (Lipinski definition) is 1. The van der Waals surface area contributed by atoms with Gasteiger partial charge in [0.05, 0.1) is 24.7 Å². The highest BCUT2D eigenvalue weighted by molar-refractivity contribution is 7.85. The lowest BCUT2D eigenvalue weighted by molar-refractivity contribution is 0.251. The Morgan fingerprint density at radius 3 is 2.89 bits per heavy atom. The van der Waals surface area contributed by atoms with Crippen LogP contribution in [-0.4, -0.2) is 37.3 Å². The molecule has 2 aromatic heterocycles. The van der Waals surface area contributed by atoms with E-state index in [4.69, 9.17) is 16.3 Å². The number of ether oxygens (including phenoxy) is 1. The van der Waals surface area contributed by atoms with Gasteiger partial charge in [0.2, 0.25) is 5.28 Å². The summed E-state index contributed by atoms with van der Waals surface area (Å²) in [7, 11) is -0.690. The molecule has 2 unspecified atom stereocenters. The van der Waals surface area contributed by atoms with E-state index in [1.807, 2.05) is 24.3 Å². The van der Waals surface area contributed by atoms with E-state index in [2.05, 4.69) is 20.3 Å². The summed E-state index contributed by atoms with van der Waals surface area (Å²) in [5, 5.41) is 5.41. The summed E-state index contributed by atoms with van der Waals surface area (Å²) in [5.41, 5.74) is 0.713. The fourth-order valence-corrected chi connectivity index (χ4v) is 4.71. The van der Waals surface area contributed by atoms with E-state index in [0.29, 0.717) is 24.0 Å². The smallest absolute Gasteiger partial charge is 0.222 e. The van der Waals surface area contributed by atoms with Gasteiger partial charge in [-0.1, -0.05) is 0 Å². The monoisotopic (exact) mass is 402 g/mol. The average Bonchev–Trinajstić information content (AvgIpc) is 2.68. The number of nitrogens with one attached hydrogen (secondary N) is 1. The molecule has 0 saturated carbocycles. The zero-order chi connectivity index (χ0) is 18.6. The molecule has 0 aliphatic carbocycles. The number of halogens is 1. The van der Waals surface area contributed by atoms with Crippen LogP contribution in [0.5, 0.6) is 5.75 Å². The average molecular weight is 403 g/mol. The summed E-state index contributed by atoms with van der Waals surface area (Å²) >= 11 is 5.72. The molecule has 0 amide bonds. The molecule has 140 valence electrons. The Bertz CT molecular complexity index is 968. The Hall–Kier alpha value is -2.25. The molecule has 27 heavy (non-hydrogen) atoms. The number of fused-ring (bicyclic) bond motifs is 1. The van der Waals surface area contributed by atoms with Crippen LogP contribution in [0.1, 0.15) is 12.8 Å². The lowest BCUT2D eigenvalue weighted by atomic mass is 10.1. The standard InChI is InChI=1S/C19H19ClN4O2S/c20-19-22-9-15(10-23-19)24-18-17-4-3-16(8-14(17)5-6-21-18)26-11-13-2-1-7-27(25)12-13/h3-6,8-10,13H,1-2,7,11-12H2,(H,21,24). The molecule has 8 heteroatoms. The van der Waals surface area contributed by atoms with Crippen LogP contribution in [0.4, 0.5) is 11.5 Å². The van der Waals surface area contributed by atoms with E-state index in [-0.39, 0.29) is 5.28 Å². The van der Waals surface area contributed by atoms with Crippen molar-refractivity contribution in [3.8, 4) is 5.75 Å². The fraction of sp³-hybridized carbons (Fsp3) is 0.316. The molecule has 1 saturated heterocycles. The number of nitrogens with zero attached hydrogens (tertiary/aromatic N) is 3. The number of pyridine rings is 1. The second-order valence-electron chi connectivity index (χ2n) is 6.54. The maximum Gasteiger partial charge on any atom is 0.222 e. The molecule has 0 spiro atoms. The first kappa shape index (κ1) is 18.1. The van der Waals surface area contributed by atoms with Gasteiger partial charge in [0.15, 0.2) is 0 Å². The van der Waals surface area contributed by atoms with Crippen LogP contribution in [0.3, 0.4) is 0 Å². The van der Waals surface area contributed by atoms with E-state index in [1.54, 1.807) is 18.6 Å². The molecule has 1 aliphatic heterocycles. The minimum atomic E-state index is -0.690. The number of aromatic nitrogens is 3. The van der Waals surface area contributed by atoms with Crippen molar-refractivity contribution >= 4 is 44.7 Å². The van der Waals surface area contributed by atoms with Crippen molar-refractivity contribution in [2.75, 3.05) is 23.4 Å². The van der Waals surface area contributed by atoms with Crippen LogP contribution in [0.15, 0.2) is 42.9 Å². The van der Waals surface area contributed by atoms with Gasteiger partial charge in [0.25, 0.3) is 0 Å². The highest BCUT2D eigenvalue weighted by Crippen LogP contribution is 2.28. The van der Waals surface area contributed by atoms with Gasteiger partial charge in [-0.05, 0) is 54.1 Å². The summed E-state index contributed by atoms with van der Waals surface area (Å²) in [6.45, 7) is 0.607. The number of anilines is 2. The molecule has 1 fully saturated rings. The molecular formula is C19H19ClN4O2S. The first-order valence-corrected chi connectivity index (χ1v) is 10.6. The van der Waals surface area contributed by atoms with Gasteiger partial charge in [-0.25, -0.2) is 15.0 Å². The predicted octanol–water partition coefficient (Wildman–Crippen LogP) is 3.96. The fourth-order valence-electron chi connectivity index (χ4n) is 3.17. The molecule has 0 radical (unpaired) electrons. The Balaban J connectivity index is 1.49. The van der Waals surface area contributed by atoms with Crippen molar-refractivity contribution < 1.29 is 8.95 Å². The van der Waals surface area contributed by atoms with Gasteiger partial charge in [0, 0.05) is 39.8 Å². The molecule has 1 aliphatic rings. The molecule has 0 bridgehead atoms. The zero-order valence-corrected chi connectivity index (χ0v) is 16.2. The Morgan fingerprint density at radius 1 is 1.22 bits per heavy atom. The lowest BCUT2D eigenvalue weighted by Gasteiger charge is -2.21. The van der Waals surface area contributed by atoms with Gasteiger partial charge >= 0.3 is 0 Å². The molecule has 3 aromatic rings. The molecule has 1 N–H and O–H groups in total. The van der Waals surface area contributed by atoms with Gasteiger partial charge in [0.1, 0.15) is 11.6 Å². The van der Waals surface area contributed by atoms with Crippen molar-refractivity contribution in [2.45, 2.75) is 12.8 Å². The topological polar surface area (TPSA) is 77.0 Å². The number of rotatable bonds is 5. The number of hydrogen-bond acceptors (Lipinski definition) is 6. The van der Waals surface area contributed by atoms with Crippen molar-refractivity contribution in [1.29, 1.82) is 0 Å². The van der Waals surface area contributed by atoms with Gasteiger partial charge in [-0.3, -0.25) is 4.21 Å². The summed E-state index contributed by atoms with van der Waals surface area (Å²) < 4.78 is 17.7. The predicted molar refractivity (Wildman–Crippen MR) is 108 cm³/mol. The van der Waals surface area contributed by atoms with Crippen molar-refractivity contribution in [3.63, 3.8) is 0 Å². The SMILES string of the molecule is O=S1CCCC(COc2ccc3c(Nc4cnc(Cl)nc4)nccc3c2)C1. The zero-order valence-electron chi connectivity index (χ0n) is 14.6. The summed E-state index contributed by atoms with van der Waals surface area (Å²) in [6.07, 6.45) is 7.08. The third kappa shape index (κ3) is 4.54. The maximum atomic E-state index is 11.7. The first-order chi connectivity index (χ1) is 13.2. The van der Waals surface area contributed by atoms with Crippen LogP contribution < -0.4 is 10.1 Å². The van der Waals surface area contributed by atoms with Gasteiger partial charge in [-0.2, -0.15) is 0 Å². The van der Waals surface area contributed by atoms with Crippen LogP contribution in [-0.2, 0) is 10.8 Å². The number of benzene rings is 1. The first-order valence-electron chi connectivity index (χ1n) is 8.78. The maximum absolute atomic E-state index is 11.7. The molecule has 3 heterocycles. The Kier molecular flexibility index (Phi) is 5.50. The summed E-state index contributed by atoms with van der Waals surface area (Å²) in [5.74, 6) is 3.47. The third-order valence-electron chi connectivity index (χ3n) is 4.51. The van der Waals surface area contributed by atoms with Crippen LogP contribution in [0.2, 0.25) is 5.28 Å². The van der Waals surface area contributed by atoms with Crippen LogP contribution in [0.25, 0.3) is 10.8 Å². The van der Waals surface area contributed by atoms with E-state index < -0.39 is 10.8 Å². The highest BCUT2D eigenvalue weighted by Gasteiger charge is 2.19. The van der Waals surface area contributed by atoms with Crippen LogP contribution >= 0.6 is 11.6 Å². The molecule has 2 atom stereocenters. The Labute approximate surface area is 164 Å². The van der Waals surface area contributed by atoms with E-state index in [0.717, 1.165) is 40.9 Å². The molecular weight excluding hydrogens is 384 g/mol. The van der Waals surface area contributed by atoms with Gasteiger partial charge in [-0.15, -0.1) is 0 Å². The summed E-state index contributed by atoms with van der Waals surface area (Å²) in [4.78, 5) is 12.3. The Morgan fingerprint density at radius 2 is 2.07 bits per heavy atom. The second kappa shape index (κ2) is 8.19. The highest BCUT2D eigenvalue weighted by atomic mass is 35.5. The third-order valence-corrected chi connectivity index (χ3v) is 6.29. The van der Waals surface area contributed by atoms with E-state index in [1.165, 1.54) is 0 Å². The van der Waals surface area contributed by atoms with Gasteiger partial charge < -0.3 is 10.1 Å². The summed E-state index contributed by atoms with van der Waals surface area (Å²) in [6, 6.07) is 7.87. The quantitative estimate of drug-likeness (QED) is 0.651. The minimum Gasteiger partial charge on any atom is -0.493 e. The van der Waals surface area contributed by atoms with Crippen molar-refractivity contribution in [3.05, 3.63) is 48.1 Å². The van der Waals surface area contributed by atoms with Crippen LogP contribution in [0, 0.1) is 5.92 Å². The van der Waals surface area contributed by atoms with Crippen molar-refractivity contribution in [1.82, 2.24) is 15.0 Å². The van der Waals surface area contributed by atoms with E-state index in [9.17, 15) is 4.21 Å².